The first-order chi connectivity index (χ1) is 8.99. The van der Waals surface area contributed by atoms with Crippen LogP contribution in [0.25, 0.3) is 0 Å². The minimum Gasteiger partial charge on any atom is -0.313 e. The predicted octanol–water partition coefficient (Wildman–Crippen LogP) is 1.02. The van der Waals surface area contributed by atoms with E-state index in [1.807, 2.05) is 0 Å². The third-order valence-corrected chi connectivity index (χ3v) is 5.53. The number of aryl methyl sites for hydroxylation is 1. The number of hydrogen-bond acceptors (Lipinski definition) is 3. The molecule has 0 fully saturated rings. The van der Waals surface area contributed by atoms with Crippen LogP contribution in [0.1, 0.15) is 17.5 Å². The summed E-state index contributed by atoms with van der Waals surface area (Å²) in [6.07, 6.45) is 3.16. The molecule has 0 bridgehead atoms. The molecule has 1 atom stereocenters. The summed E-state index contributed by atoms with van der Waals surface area (Å²) in [6, 6.07) is 8.89. The van der Waals surface area contributed by atoms with Crippen LogP contribution in [0.2, 0.25) is 0 Å². The van der Waals surface area contributed by atoms with Crippen LogP contribution in [0.4, 0.5) is 0 Å². The summed E-state index contributed by atoms with van der Waals surface area (Å²) in [5, 5.41) is 3.37. The van der Waals surface area contributed by atoms with Crippen molar-refractivity contribution in [3.05, 3.63) is 35.4 Å². The van der Waals surface area contributed by atoms with Crippen LogP contribution in [-0.4, -0.2) is 45.2 Å². The SMILES string of the molecule is CN(C)S(=O)(=O)CCNC1CCc2ccccc2C1. The highest BCUT2D eigenvalue weighted by Gasteiger charge is 2.19. The zero-order valence-electron chi connectivity index (χ0n) is 11.6. The molecule has 0 saturated heterocycles. The van der Waals surface area contributed by atoms with Crippen molar-refractivity contribution >= 4 is 10.0 Å². The molecule has 0 radical (unpaired) electrons. The van der Waals surface area contributed by atoms with Crippen molar-refractivity contribution in [3.63, 3.8) is 0 Å². The van der Waals surface area contributed by atoms with Crippen LogP contribution in [0.3, 0.4) is 0 Å². The van der Waals surface area contributed by atoms with Crippen molar-refractivity contribution in [1.82, 2.24) is 9.62 Å². The van der Waals surface area contributed by atoms with E-state index < -0.39 is 10.0 Å². The Hall–Kier alpha value is -0.910. The van der Waals surface area contributed by atoms with Gasteiger partial charge in [-0.2, -0.15) is 0 Å². The van der Waals surface area contributed by atoms with E-state index >= 15 is 0 Å². The van der Waals surface area contributed by atoms with E-state index in [0.717, 1.165) is 19.3 Å². The Morgan fingerprint density at radius 2 is 1.95 bits per heavy atom. The van der Waals surface area contributed by atoms with Gasteiger partial charge in [-0.3, -0.25) is 0 Å². The highest BCUT2D eigenvalue weighted by atomic mass is 32.2. The Morgan fingerprint density at radius 3 is 2.63 bits per heavy atom. The maximum atomic E-state index is 11.7. The Morgan fingerprint density at radius 1 is 1.26 bits per heavy atom. The fraction of sp³-hybridized carbons (Fsp3) is 0.571. The molecule has 1 aliphatic rings. The van der Waals surface area contributed by atoms with Crippen LogP contribution >= 0.6 is 0 Å². The lowest BCUT2D eigenvalue weighted by molar-refractivity contribution is 0.464. The maximum Gasteiger partial charge on any atom is 0.214 e. The number of nitrogens with one attached hydrogen (secondary N) is 1. The number of nitrogens with zero attached hydrogens (tertiary/aromatic N) is 1. The van der Waals surface area contributed by atoms with E-state index in [4.69, 9.17) is 0 Å². The lowest BCUT2D eigenvalue weighted by Gasteiger charge is -2.25. The number of hydrogen-bond donors (Lipinski definition) is 1. The molecule has 0 aromatic heterocycles. The lowest BCUT2D eigenvalue weighted by atomic mass is 9.88. The van der Waals surface area contributed by atoms with Gasteiger partial charge in [-0.05, 0) is 30.4 Å². The Kier molecular flexibility index (Phi) is 4.60. The van der Waals surface area contributed by atoms with Crippen molar-refractivity contribution in [2.75, 3.05) is 26.4 Å². The van der Waals surface area contributed by atoms with E-state index in [0.29, 0.717) is 12.6 Å². The quantitative estimate of drug-likeness (QED) is 0.877. The van der Waals surface area contributed by atoms with Gasteiger partial charge in [-0.15, -0.1) is 0 Å². The monoisotopic (exact) mass is 282 g/mol. The largest absolute Gasteiger partial charge is 0.313 e. The highest BCUT2D eigenvalue weighted by Crippen LogP contribution is 2.20. The number of fused-ring (bicyclic) bond motifs is 1. The molecule has 0 amide bonds. The van der Waals surface area contributed by atoms with Gasteiger partial charge in [0, 0.05) is 26.7 Å². The Labute approximate surface area is 115 Å². The van der Waals surface area contributed by atoms with Crippen molar-refractivity contribution in [2.24, 2.45) is 0 Å². The fourth-order valence-corrected chi connectivity index (χ4v) is 3.19. The van der Waals surface area contributed by atoms with Crippen LogP contribution in [0.5, 0.6) is 0 Å². The van der Waals surface area contributed by atoms with E-state index in [1.165, 1.54) is 15.4 Å². The summed E-state index contributed by atoms with van der Waals surface area (Å²) in [5.41, 5.74) is 2.82. The van der Waals surface area contributed by atoms with E-state index in [9.17, 15) is 8.42 Å². The molecule has 19 heavy (non-hydrogen) atoms. The van der Waals surface area contributed by atoms with Crippen molar-refractivity contribution < 1.29 is 8.42 Å². The molecule has 1 aromatic rings. The molecule has 106 valence electrons. The predicted molar refractivity (Wildman–Crippen MR) is 77.7 cm³/mol. The average molecular weight is 282 g/mol. The second-order valence-corrected chi connectivity index (χ2v) is 7.56. The normalized spacial score (nSPS) is 19.4. The van der Waals surface area contributed by atoms with Crippen LogP contribution in [-0.2, 0) is 22.9 Å². The molecule has 1 unspecified atom stereocenters. The zero-order valence-corrected chi connectivity index (χ0v) is 12.4. The summed E-state index contributed by atoms with van der Waals surface area (Å²) in [6.45, 7) is 0.521. The summed E-state index contributed by atoms with van der Waals surface area (Å²) in [5.74, 6) is 0.165. The molecule has 4 nitrogen and oxygen atoms in total. The first-order valence-corrected chi connectivity index (χ1v) is 8.30. The summed E-state index contributed by atoms with van der Waals surface area (Å²) in [7, 11) is 0.0625. The summed E-state index contributed by atoms with van der Waals surface area (Å²) >= 11 is 0. The molecular weight excluding hydrogens is 260 g/mol. The van der Waals surface area contributed by atoms with Gasteiger partial charge in [0.1, 0.15) is 0 Å². The second kappa shape index (κ2) is 6.03. The van der Waals surface area contributed by atoms with Gasteiger partial charge in [-0.25, -0.2) is 12.7 Å². The van der Waals surface area contributed by atoms with Crippen LogP contribution < -0.4 is 5.32 Å². The molecule has 1 aromatic carbocycles. The molecule has 0 aliphatic heterocycles. The van der Waals surface area contributed by atoms with Crippen molar-refractivity contribution in [3.8, 4) is 0 Å². The summed E-state index contributed by atoms with van der Waals surface area (Å²) in [4.78, 5) is 0. The topological polar surface area (TPSA) is 49.4 Å². The van der Waals surface area contributed by atoms with Crippen LogP contribution in [0, 0.1) is 0 Å². The van der Waals surface area contributed by atoms with E-state index in [-0.39, 0.29) is 5.75 Å². The summed E-state index contributed by atoms with van der Waals surface area (Å²) < 4.78 is 24.6. The average Bonchev–Trinajstić information content (AvgIpc) is 2.38. The first kappa shape index (κ1) is 14.5. The maximum absolute atomic E-state index is 11.7. The standard InChI is InChI=1S/C14H22N2O2S/c1-16(2)19(17,18)10-9-15-14-8-7-12-5-3-4-6-13(12)11-14/h3-6,14-15H,7-11H2,1-2H3. The van der Waals surface area contributed by atoms with Gasteiger partial charge >= 0.3 is 0 Å². The molecular formula is C14H22N2O2S. The van der Waals surface area contributed by atoms with Gasteiger partial charge in [0.25, 0.3) is 0 Å². The van der Waals surface area contributed by atoms with Gasteiger partial charge < -0.3 is 5.32 Å². The van der Waals surface area contributed by atoms with Gasteiger partial charge in [0.2, 0.25) is 10.0 Å². The molecule has 2 rings (SSSR count). The lowest BCUT2D eigenvalue weighted by Crippen LogP contribution is -2.39. The number of benzene rings is 1. The highest BCUT2D eigenvalue weighted by molar-refractivity contribution is 7.89. The smallest absolute Gasteiger partial charge is 0.214 e. The zero-order chi connectivity index (χ0) is 13.9. The molecule has 0 saturated carbocycles. The van der Waals surface area contributed by atoms with Crippen molar-refractivity contribution in [1.29, 1.82) is 0 Å². The minimum absolute atomic E-state index is 0.165. The van der Waals surface area contributed by atoms with E-state index in [1.54, 1.807) is 14.1 Å². The third-order valence-electron chi connectivity index (χ3n) is 3.70. The van der Waals surface area contributed by atoms with Crippen LogP contribution in [0.15, 0.2) is 24.3 Å². The fourth-order valence-electron chi connectivity index (χ4n) is 2.45. The number of rotatable bonds is 5. The first-order valence-electron chi connectivity index (χ1n) is 6.69. The minimum atomic E-state index is -3.09. The van der Waals surface area contributed by atoms with E-state index in [2.05, 4.69) is 29.6 Å². The van der Waals surface area contributed by atoms with Gasteiger partial charge in [0.05, 0.1) is 5.75 Å². The Bertz CT molecular complexity index is 526. The van der Waals surface area contributed by atoms with Gasteiger partial charge in [0.15, 0.2) is 0 Å². The van der Waals surface area contributed by atoms with Crippen molar-refractivity contribution in [2.45, 2.75) is 25.3 Å². The molecule has 5 heteroatoms. The molecule has 1 N–H and O–H groups in total. The van der Waals surface area contributed by atoms with Gasteiger partial charge in [-0.1, -0.05) is 24.3 Å². The Balaban J connectivity index is 1.84. The molecule has 1 aliphatic carbocycles. The molecule has 0 spiro atoms. The molecule has 0 heterocycles. The third kappa shape index (κ3) is 3.78. The number of sulfonamides is 1. The second-order valence-electron chi connectivity index (χ2n) is 5.26.